The number of benzene rings is 1. The highest BCUT2D eigenvalue weighted by molar-refractivity contribution is 9.12. The SMILES string of the molecule is O=c1ccc2ccc3c(c2o1)OC(Br)C(Br)O3. The van der Waals surface area contributed by atoms with Crippen molar-refractivity contribution in [3.63, 3.8) is 0 Å². The van der Waals surface area contributed by atoms with Crippen LogP contribution < -0.4 is 15.1 Å². The van der Waals surface area contributed by atoms with Crippen molar-refractivity contribution in [2.24, 2.45) is 0 Å². The lowest BCUT2D eigenvalue weighted by Gasteiger charge is -2.27. The summed E-state index contributed by atoms with van der Waals surface area (Å²) in [7, 11) is 0. The Bertz CT molecular complexity index is 637. The van der Waals surface area contributed by atoms with Gasteiger partial charge in [-0.25, -0.2) is 4.79 Å². The van der Waals surface area contributed by atoms with Crippen molar-refractivity contribution in [1.29, 1.82) is 0 Å². The van der Waals surface area contributed by atoms with E-state index in [1.807, 2.05) is 6.07 Å². The Hall–Kier alpha value is -1.01. The Morgan fingerprint density at radius 2 is 1.71 bits per heavy atom. The van der Waals surface area contributed by atoms with Gasteiger partial charge in [0.2, 0.25) is 5.75 Å². The first-order valence-electron chi connectivity index (χ1n) is 4.83. The van der Waals surface area contributed by atoms with Crippen molar-refractivity contribution in [2.75, 3.05) is 0 Å². The Balaban J connectivity index is 2.28. The molecule has 0 fully saturated rings. The van der Waals surface area contributed by atoms with Crippen LogP contribution in [0.25, 0.3) is 11.0 Å². The predicted molar refractivity (Wildman–Crippen MR) is 69.2 cm³/mol. The van der Waals surface area contributed by atoms with Crippen LogP contribution in [0.5, 0.6) is 11.5 Å². The van der Waals surface area contributed by atoms with Crippen LogP contribution in [0.15, 0.2) is 33.5 Å². The fraction of sp³-hybridized carbons (Fsp3) is 0.182. The molecule has 1 aromatic carbocycles. The first-order chi connectivity index (χ1) is 8.15. The minimum atomic E-state index is -0.415. The first-order valence-corrected chi connectivity index (χ1v) is 6.66. The Labute approximate surface area is 113 Å². The van der Waals surface area contributed by atoms with Crippen LogP contribution in [0.1, 0.15) is 0 Å². The highest BCUT2D eigenvalue weighted by atomic mass is 79.9. The molecular formula is C11H6Br2O4. The average Bonchev–Trinajstić information content (AvgIpc) is 2.31. The second-order valence-electron chi connectivity index (χ2n) is 3.50. The van der Waals surface area contributed by atoms with E-state index in [1.54, 1.807) is 12.1 Å². The van der Waals surface area contributed by atoms with Gasteiger partial charge in [-0.1, -0.05) is 0 Å². The highest BCUT2D eigenvalue weighted by Gasteiger charge is 2.29. The zero-order valence-electron chi connectivity index (χ0n) is 8.35. The highest BCUT2D eigenvalue weighted by Crippen LogP contribution is 2.41. The molecule has 0 N–H and O–H groups in total. The van der Waals surface area contributed by atoms with E-state index in [0.717, 1.165) is 5.39 Å². The van der Waals surface area contributed by atoms with Gasteiger partial charge in [-0.05, 0) is 50.1 Å². The van der Waals surface area contributed by atoms with Crippen molar-refractivity contribution in [2.45, 2.75) is 10.0 Å². The molecule has 4 nitrogen and oxygen atoms in total. The van der Waals surface area contributed by atoms with E-state index in [0.29, 0.717) is 17.1 Å². The average molecular weight is 362 g/mol. The summed E-state index contributed by atoms with van der Waals surface area (Å²) in [5, 5.41) is 0.161. The molecule has 0 spiro atoms. The summed E-state index contributed by atoms with van der Waals surface area (Å²) in [6.07, 6.45) is 0. The fourth-order valence-corrected chi connectivity index (χ4v) is 2.24. The molecule has 2 aromatic rings. The molecule has 0 saturated heterocycles. The number of rotatable bonds is 0. The topological polar surface area (TPSA) is 48.7 Å². The molecule has 0 bridgehead atoms. The summed E-state index contributed by atoms with van der Waals surface area (Å²) >= 11 is 6.63. The Morgan fingerprint density at radius 1 is 1.00 bits per heavy atom. The molecule has 6 heteroatoms. The van der Waals surface area contributed by atoms with Gasteiger partial charge < -0.3 is 13.9 Å². The van der Waals surface area contributed by atoms with Gasteiger partial charge in [0, 0.05) is 11.5 Å². The van der Waals surface area contributed by atoms with Crippen LogP contribution >= 0.6 is 31.9 Å². The molecule has 1 aliphatic heterocycles. The van der Waals surface area contributed by atoms with Crippen molar-refractivity contribution in [3.05, 3.63) is 34.7 Å². The number of ether oxygens (including phenoxy) is 2. The maximum Gasteiger partial charge on any atom is 0.336 e. The van der Waals surface area contributed by atoms with Gasteiger partial charge in [-0.2, -0.15) is 0 Å². The van der Waals surface area contributed by atoms with Crippen molar-refractivity contribution in [3.8, 4) is 11.5 Å². The first kappa shape index (κ1) is 11.1. The second-order valence-corrected chi connectivity index (χ2v) is 5.31. The summed E-state index contributed by atoms with van der Waals surface area (Å²) in [5.74, 6) is 0.988. The molecule has 2 unspecified atom stereocenters. The summed E-state index contributed by atoms with van der Waals surface area (Å²) in [5.41, 5.74) is -0.0135. The Morgan fingerprint density at radius 3 is 2.53 bits per heavy atom. The van der Waals surface area contributed by atoms with Crippen LogP contribution in [-0.2, 0) is 0 Å². The predicted octanol–water partition coefficient (Wildman–Crippen LogP) is 3.01. The zero-order valence-corrected chi connectivity index (χ0v) is 11.5. The summed E-state index contributed by atoms with van der Waals surface area (Å²) in [6, 6.07) is 6.66. The monoisotopic (exact) mass is 360 g/mol. The standard InChI is InChI=1S/C11H6Br2O4/c12-10-11(13)17-9-6(15-10)3-1-5-2-4-7(14)16-8(5)9/h1-4,10-11H. The fourth-order valence-electron chi connectivity index (χ4n) is 1.63. The van der Waals surface area contributed by atoms with Gasteiger partial charge in [0.25, 0.3) is 0 Å². The van der Waals surface area contributed by atoms with Crippen molar-refractivity contribution in [1.82, 2.24) is 0 Å². The van der Waals surface area contributed by atoms with E-state index in [4.69, 9.17) is 13.9 Å². The zero-order chi connectivity index (χ0) is 12.0. The lowest BCUT2D eigenvalue weighted by molar-refractivity contribution is 0.135. The minimum Gasteiger partial charge on any atom is -0.470 e. The van der Waals surface area contributed by atoms with E-state index < -0.39 is 5.63 Å². The summed E-state index contributed by atoms with van der Waals surface area (Å²) in [4.78, 5) is 11.2. The van der Waals surface area contributed by atoms with E-state index in [2.05, 4.69) is 31.9 Å². The van der Waals surface area contributed by atoms with Gasteiger partial charge in [0.05, 0.1) is 0 Å². The number of hydrogen-bond acceptors (Lipinski definition) is 4. The molecule has 2 atom stereocenters. The van der Waals surface area contributed by atoms with Crippen LogP contribution in [0.3, 0.4) is 0 Å². The number of fused-ring (bicyclic) bond motifs is 3. The lowest BCUT2D eigenvalue weighted by atomic mass is 10.2. The normalized spacial score (nSPS) is 22.7. The van der Waals surface area contributed by atoms with Gasteiger partial charge in [-0.3, -0.25) is 0 Å². The molecular weight excluding hydrogens is 356 g/mol. The maximum atomic E-state index is 11.2. The molecule has 17 heavy (non-hydrogen) atoms. The van der Waals surface area contributed by atoms with Gasteiger partial charge in [0.15, 0.2) is 21.4 Å². The summed E-state index contributed by atoms with van der Waals surface area (Å²) < 4.78 is 16.3. The number of hydrogen-bond donors (Lipinski definition) is 0. The van der Waals surface area contributed by atoms with Crippen LogP contribution in [0.2, 0.25) is 0 Å². The maximum absolute atomic E-state index is 11.2. The molecule has 0 saturated carbocycles. The third-order valence-electron chi connectivity index (χ3n) is 2.38. The molecule has 1 aliphatic rings. The van der Waals surface area contributed by atoms with Crippen LogP contribution in [0, 0.1) is 0 Å². The van der Waals surface area contributed by atoms with Crippen molar-refractivity contribution < 1.29 is 13.9 Å². The van der Waals surface area contributed by atoms with Gasteiger partial charge >= 0.3 is 5.63 Å². The molecule has 88 valence electrons. The molecule has 0 aliphatic carbocycles. The number of alkyl halides is 2. The largest absolute Gasteiger partial charge is 0.470 e. The van der Waals surface area contributed by atoms with Crippen LogP contribution in [-0.4, -0.2) is 10.0 Å². The molecule has 0 amide bonds. The molecule has 2 heterocycles. The van der Waals surface area contributed by atoms with E-state index in [9.17, 15) is 4.79 Å². The van der Waals surface area contributed by atoms with E-state index in [1.165, 1.54) is 6.07 Å². The van der Waals surface area contributed by atoms with Crippen LogP contribution in [0.4, 0.5) is 0 Å². The van der Waals surface area contributed by atoms with E-state index >= 15 is 0 Å². The second kappa shape index (κ2) is 4.03. The molecule has 0 radical (unpaired) electrons. The third kappa shape index (κ3) is 1.85. The molecule has 3 rings (SSSR count). The van der Waals surface area contributed by atoms with E-state index in [-0.39, 0.29) is 10.0 Å². The van der Waals surface area contributed by atoms with Gasteiger partial charge in [-0.15, -0.1) is 0 Å². The lowest BCUT2D eigenvalue weighted by Crippen LogP contribution is -2.30. The Kier molecular flexibility index (Phi) is 2.63. The number of halogens is 2. The quantitative estimate of drug-likeness (QED) is 0.534. The van der Waals surface area contributed by atoms with Crippen molar-refractivity contribution >= 4 is 42.8 Å². The van der Waals surface area contributed by atoms with Gasteiger partial charge in [0.1, 0.15) is 0 Å². The smallest absolute Gasteiger partial charge is 0.336 e. The third-order valence-corrected chi connectivity index (χ3v) is 4.43. The molecule has 1 aromatic heterocycles. The minimum absolute atomic E-state index is 0.289. The summed E-state index contributed by atoms with van der Waals surface area (Å²) in [6.45, 7) is 0.